The third-order valence-electron chi connectivity index (χ3n) is 2.77. The number of sulfonamides is 1. The van der Waals surface area contributed by atoms with Crippen molar-refractivity contribution in [2.24, 2.45) is 0 Å². The highest BCUT2D eigenvalue weighted by Crippen LogP contribution is 2.17. The number of nitrogens with one attached hydrogen (secondary N) is 1. The molecule has 0 aliphatic carbocycles. The summed E-state index contributed by atoms with van der Waals surface area (Å²) in [5.41, 5.74) is 0.628. The van der Waals surface area contributed by atoms with Crippen LogP contribution in [0.15, 0.2) is 36.7 Å². The fraction of sp³-hybridized carbons (Fsp3) is 0.231. The molecule has 0 spiro atoms. The molecule has 1 aromatic heterocycles. The summed E-state index contributed by atoms with van der Waals surface area (Å²) in [5, 5.41) is 4.27. The zero-order valence-electron chi connectivity index (χ0n) is 11.3. The number of hydrogen-bond acceptors (Lipinski definition) is 4. The summed E-state index contributed by atoms with van der Waals surface area (Å²) in [6, 6.07) is 6.58. The lowest BCUT2D eigenvalue weighted by molar-refractivity contribution is 0.0981. The molecule has 0 radical (unpaired) electrons. The molecule has 112 valence electrons. The minimum absolute atomic E-state index is 0.194. The number of hydrogen-bond donors (Lipinski definition) is 1. The Morgan fingerprint density at radius 2 is 2.10 bits per heavy atom. The summed E-state index contributed by atoms with van der Waals surface area (Å²) in [5.74, 6) is -1.07. The van der Waals surface area contributed by atoms with E-state index in [4.69, 9.17) is 11.6 Å². The summed E-state index contributed by atoms with van der Waals surface area (Å²) in [4.78, 5) is 11.9. The number of benzene rings is 1. The molecule has 6 nitrogen and oxygen atoms in total. The molecular weight excluding hydrogens is 314 g/mol. The third-order valence-corrected chi connectivity index (χ3v) is 4.33. The summed E-state index contributed by atoms with van der Waals surface area (Å²) >= 11 is 5.92. The van der Waals surface area contributed by atoms with E-state index < -0.39 is 15.9 Å². The van der Waals surface area contributed by atoms with Gasteiger partial charge >= 0.3 is 0 Å². The average Bonchev–Trinajstić information content (AvgIpc) is 2.89. The molecule has 0 aliphatic heterocycles. The van der Waals surface area contributed by atoms with E-state index in [0.717, 1.165) is 0 Å². The number of rotatable bonds is 5. The first kappa shape index (κ1) is 15.5. The summed E-state index contributed by atoms with van der Waals surface area (Å²) in [7, 11) is -3.82. The van der Waals surface area contributed by atoms with Crippen LogP contribution >= 0.6 is 11.6 Å². The lowest BCUT2D eigenvalue weighted by Crippen LogP contribution is -2.31. The SMILES string of the molecule is CCn1cc(C(=O)NS(=O)(=O)Cc2ccccc2Cl)cn1. The first-order valence-electron chi connectivity index (χ1n) is 6.22. The first-order chi connectivity index (χ1) is 9.91. The first-order valence-corrected chi connectivity index (χ1v) is 8.25. The van der Waals surface area contributed by atoms with E-state index >= 15 is 0 Å². The monoisotopic (exact) mass is 327 g/mol. The lowest BCUT2D eigenvalue weighted by atomic mass is 10.2. The van der Waals surface area contributed by atoms with Crippen molar-refractivity contribution < 1.29 is 13.2 Å². The van der Waals surface area contributed by atoms with E-state index in [0.29, 0.717) is 17.1 Å². The summed E-state index contributed by atoms with van der Waals surface area (Å²) < 4.78 is 27.5. The Morgan fingerprint density at radius 1 is 1.38 bits per heavy atom. The van der Waals surface area contributed by atoms with Crippen LogP contribution in [0.2, 0.25) is 5.02 Å². The molecule has 0 saturated heterocycles. The molecule has 0 unspecified atom stereocenters. The molecule has 2 aromatic rings. The molecule has 21 heavy (non-hydrogen) atoms. The molecule has 1 aromatic carbocycles. The molecule has 0 saturated carbocycles. The minimum atomic E-state index is -3.82. The van der Waals surface area contributed by atoms with Crippen LogP contribution in [0.4, 0.5) is 0 Å². The largest absolute Gasteiger partial charge is 0.272 e. The average molecular weight is 328 g/mol. The second-order valence-electron chi connectivity index (χ2n) is 4.37. The molecule has 1 amide bonds. The van der Waals surface area contributed by atoms with E-state index in [1.807, 2.05) is 11.6 Å². The molecule has 0 fully saturated rings. The van der Waals surface area contributed by atoms with Gasteiger partial charge in [-0.2, -0.15) is 5.10 Å². The van der Waals surface area contributed by atoms with E-state index in [2.05, 4.69) is 5.10 Å². The predicted octanol–water partition coefficient (Wildman–Crippen LogP) is 1.82. The van der Waals surface area contributed by atoms with Crippen LogP contribution in [-0.2, 0) is 22.3 Å². The number of carbonyl (C=O) groups is 1. The van der Waals surface area contributed by atoms with Gasteiger partial charge in [0.25, 0.3) is 5.91 Å². The van der Waals surface area contributed by atoms with Crippen molar-refractivity contribution in [3.63, 3.8) is 0 Å². The highest BCUT2D eigenvalue weighted by molar-refractivity contribution is 7.89. The standard InChI is InChI=1S/C13H14ClN3O3S/c1-2-17-8-11(7-15-17)13(18)16-21(19,20)9-10-5-3-4-6-12(10)14/h3-8H,2,9H2,1H3,(H,16,18). The number of halogens is 1. The van der Waals surface area contributed by atoms with Gasteiger partial charge in [-0.3, -0.25) is 9.48 Å². The van der Waals surface area contributed by atoms with E-state index in [9.17, 15) is 13.2 Å². The number of amides is 1. The fourth-order valence-corrected chi connectivity index (χ4v) is 3.13. The Bertz CT molecular complexity index is 756. The van der Waals surface area contributed by atoms with Crippen LogP contribution in [0, 0.1) is 0 Å². The molecule has 0 bridgehead atoms. The number of aromatic nitrogens is 2. The van der Waals surface area contributed by atoms with Crippen molar-refractivity contribution in [3.05, 3.63) is 52.8 Å². The number of aryl methyl sites for hydroxylation is 1. The van der Waals surface area contributed by atoms with Crippen LogP contribution in [0.25, 0.3) is 0 Å². The van der Waals surface area contributed by atoms with Crippen LogP contribution in [0.1, 0.15) is 22.8 Å². The van der Waals surface area contributed by atoms with Gasteiger partial charge in [0.05, 0.1) is 17.5 Å². The van der Waals surface area contributed by atoms with Gasteiger partial charge in [-0.05, 0) is 18.6 Å². The van der Waals surface area contributed by atoms with Gasteiger partial charge in [-0.1, -0.05) is 29.8 Å². The second-order valence-corrected chi connectivity index (χ2v) is 6.50. The van der Waals surface area contributed by atoms with Crippen LogP contribution in [0.5, 0.6) is 0 Å². The van der Waals surface area contributed by atoms with Crippen LogP contribution in [0.3, 0.4) is 0 Å². The molecule has 2 rings (SSSR count). The Kier molecular flexibility index (Phi) is 4.64. The molecule has 1 N–H and O–H groups in total. The number of carbonyl (C=O) groups excluding carboxylic acids is 1. The Hall–Kier alpha value is -1.86. The molecular formula is C13H14ClN3O3S. The molecule has 1 heterocycles. The van der Waals surface area contributed by atoms with E-state index in [1.165, 1.54) is 17.1 Å². The Labute approximate surface area is 127 Å². The zero-order valence-corrected chi connectivity index (χ0v) is 12.9. The van der Waals surface area contributed by atoms with Crippen molar-refractivity contribution in [3.8, 4) is 0 Å². The van der Waals surface area contributed by atoms with Gasteiger partial charge in [0.15, 0.2) is 0 Å². The molecule has 0 atom stereocenters. The molecule has 0 aliphatic rings. The topological polar surface area (TPSA) is 81.1 Å². The van der Waals surface area contributed by atoms with Crippen molar-refractivity contribution in [2.45, 2.75) is 19.2 Å². The highest BCUT2D eigenvalue weighted by Gasteiger charge is 2.19. The highest BCUT2D eigenvalue weighted by atomic mass is 35.5. The molecule has 8 heteroatoms. The predicted molar refractivity (Wildman–Crippen MR) is 79.4 cm³/mol. The number of nitrogens with zero attached hydrogens (tertiary/aromatic N) is 2. The van der Waals surface area contributed by atoms with Gasteiger partial charge in [-0.25, -0.2) is 13.1 Å². The quantitative estimate of drug-likeness (QED) is 0.908. The van der Waals surface area contributed by atoms with E-state index in [-0.39, 0.29) is 11.3 Å². The van der Waals surface area contributed by atoms with Crippen molar-refractivity contribution in [2.75, 3.05) is 0 Å². The minimum Gasteiger partial charge on any atom is -0.272 e. The van der Waals surface area contributed by atoms with Gasteiger partial charge in [0.1, 0.15) is 0 Å². The van der Waals surface area contributed by atoms with Crippen molar-refractivity contribution in [1.82, 2.24) is 14.5 Å². The van der Waals surface area contributed by atoms with Crippen molar-refractivity contribution in [1.29, 1.82) is 0 Å². The van der Waals surface area contributed by atoms with Crippen LogP contribution < -0.4 is 4.72 Å². The maximum atomic E-state index is 12.0. The second kappa shape index (κ2) is 6.28. The maximum absolute atomic E-state index is 12.0. The van der Waals surface area contributed by atoms with E-state index in [1.54, 1.807) is 24.3 Å². The third kappa shape index (κ3) is 4.05. The van der Waals surface area contributed by atoms with Crippen LogP contribution in [-0.4, -0.2) is 24.1 Å². The van der Waals surface area contributed by atoms with Gasteiger partial charge in [0.2, 0.25) is 10.0 Å². The van der Waals surface area contributed by atoms with Gasteiger partial charge < -0.3 is 0 Å². The van der Waals surface area contributed by atoms with Crippen molar-refractivity contribution >= 4 is 27.5 Å². The van der Waals surface area contributed by atoms with Gasteiger partial charge in [-0.15, -0.1) is 0 Å². The smallest absolute Gasteiger partial charge is 0.267 e. The zero-order chi connectivity index (χ0) is 15.5. The maximum Gasteiger partial charge on any atom is 0.267 e. The normalized spacial score (nSPS) is 11.3. The summed E-state index contributed by atoms with van der Waals surface area (Å²) in [6.45, 7) is 2.46. The Morgan fingerprint density at radius 3 is 2.71 bits per heavy atom. The summed E-state index contributed by atoms with van der Waals surface area (Å²) in [6.07, 6.45) is 2.81. The fourth-order valence-electron chi connectivity index (χ4n) is 1.71. The van der Waals surface area contributed by atoms with Gasteiger partial charge in [0, 0.05) is 17.8 Å². The lowest BCUT2D eigenvalue weighted by Gasteiger charge is -2.07. The Balaban J connectivity index is 2.10.